The topological polar surface area (TPSA) is 12.9 Å². The molecule has 0 amide bonds. The highest BCUT2D eigenvalue weighted by Gasteiger charge is 2.02. The third-order valence-corrected chi connectivity index (χ3v) is 3.56. The van der Waals surface area contributed by atoms with Gasteiger partial charge in [0.2, 0.25) is 0 Å². The van der Waals surface area contributed by atoms with Crippen molar-refractivity contribution in [2.24, 2.45) is 0 Å². The van der Waals surface area contributed by atoms with Crippen molar-refractivity contribution in [3.8, 4) is 0 Å². The van der Waals surface area contributed by atoms with E-state index in [-0.39, 0.29) is 0 Å². The van der Waals surface area contributed by atoms with Crippen molar-refractivity contribution < 1.29 is 0 Å². The van der Waals surface area contributed by atoms with Crippen LogP contribution in [0.15, 0.2) is 60.7 Å². The van der Waals surface area contributed by atoms with E-state index in [1.165, 1.54) is 0 Å². The number of nitrogens with zero attached hydrogens (tertiary/aromatic N) is 1. The second-order valence-corrected chi connectivity index (χ2v) is 5.28. The van der Waals surface area contributed by atoms with E-state index >= 15 is 0 Å². The molecule has 0 bridgehead atoms. The minimum absolute atomic E-state index is 0.609. The second kappa shape index (κ2) is 5.66. The summed E-state index contributed by atoms with van der Waals surface area (Å²) in [5.74, 6) is 0. The summed E-state index contributed by atoms with van der Waals surface area (Å²) >= 11 is 12.2. The Kier molecular flexibility index (Phi) is 3.72. The van der Waals surface area contributed by atoms with E-state index in [1.807, 2.05) is 66.7 Å². The average molecular weight is 300 g/mol. The van der Waals surface area contributed by atoms with Gasteiger partial charge in [-0.3, -0.25) is 0 Å². The van der Waals surface area contributed by atoms with Crippen LogP contribution in [0.2, 0.25) is 5.02 Å². The van der Waals surface area contributed by atoms with Crippen molar-refractivity contribution in [1.82, 2.24) is 4.98 Å². The molecule has 3 aromatic rings. The fraction of sp³-hybridized carbons (Fsp3) is 0. The number of fused-ring (bicyclic) bond motifs is 1. The molecule has 0 saturated carbocycles. The molecule has 3 rings (SSSR count). The fourth-order valence-electron chi connectivity index (χ4n) is 1.98. The van der Waals surface area contributed by atoms with Crippen LogP contribution in [0.4, 0.5) is 0 Å². The van der Waals surface area contributed by atoms with E-state index in [0.29, 0.717) is 10.1 Å². The molecule has 0 aliphatic rings. The summed E-state index contributed by atoms with van der Waals surface area (Å²) < 4.78 is 0. The van der Waals surface area contributed by atoms with Gasteiger partial charge in [0.1, 0.15) is 0 Å². The monoisotopic (exact) mass is 299 g/mol. The van der Waals surface area contributed by atoms with Gasteiger partial charge in [-0.1, -0.05) is 59.6 Å². The van der Waals surface area contributed by atoms with Gasteiger partial charge in [-0.25, -0.2) is 4.98 Å². The van der Waals surface area contributed by atoms with E-state index in [0.717, 1.165) is 22.2 Å². The highest BCUT2D eigenvalue weighted by molar-refractivity contribution is 6.51. The molecule has 1 aromatic heterocycles. The number of benzene rings is 2. The van der Waals surface area contributed by atoms with Crippen molar-refractivity contribution in [2.45, 2.75) is 0 Å². The molecule has 0 radical (unpaired) electrons. The van der Waals surface area contributed by atoms with Gasteiger partial charge < -0.3 is 0 Å². The minimum atomic E-state index is 0.609. The van der Waals surface area contributed by atoms with Crippen LogP contribution in [0, 0.1) is 0 Å². The Morgan fingerprint density at radius 1 is 0.900 bits per heavy atom. The quantitative estimate of drug-likeness (QED) is 0.598. The molecule has 1 nitrogen and oxygen atoms in total. The molecule has 2 aromatic carbocycles. The SMILES string of the molecule is Cl/C(=C/c1ccc(Cl)cc1)c1ccc2ccccc2n1. The van der Waals surface area contributed by atoms with Crippen LogP contribution in [-0.2, 0) is 0 Å². The Hall–Kier alpha value is -1.83. The molecule has 0 N–H and O–H groups in total. The highest BCUT2D eigenvalue weighted by atomic mass is 35.5. The largest absolute Gasteiger partial charge is 0.247 e. The molecular formula is C17H11Cl2N. The molecule has 0 unspecified atom stereocenters. The van der Waals surface area contributed by atoms with Gasteiger partial charge >= 0.3 is 0 Å². The summed E-state index contributed by atoms with van der Waals surface area (Å²) in [4.78, 5) is 4.56. The number of rotatable bonds is 2. The Bertz CT molecular complexity index is 776. The van der Waals surface area contributed by atoms with E-state index in [1.54, 1.807) is 0 Å². The molecule has 0 atom stereocenters. The summed E-state index contributed by atoms with van der Waals surface area (Å²) in [6, 6.07) is 19.4. The van der Waals surface area contributed by atoms with Crippen LogP contribution in [0.1, 0.15) is 11.3 Å². The molecule has 1 heterocycles. The smallest absolute Gasteiger partial charge is 0.0823 e. The summed E-state index contributed by atoms with van der Waals surface area (Å²) in [5.41, 5.74) is 2.70. The third-order valence-electron chi connectivity index (χ3n) is 3.01. The maximum atomic E-state index is 6.35. The zero-order valence-corrected chi connectivity index (χ0v) is 12.1. The zero-order chi connectivity index (χ0) is 13.9. The lowest BCUT2D eigenvalue weighted by Crippen LogP contribution is -1.86. The average Bonchev–Trinajstić information content (AvgIpc) is 2.49. The summed E-state index contributed by atoms with van der Waals surface area (Å²) in [5, 5.41) is 2.42. The van der Waals surface area contributed by atoms with Gasteiger partial charge in [-0.2, -0.15) is 0 Å². The van der Waals surface area contributed by atoms with Crippen LogP contribution < -0.4 is 0 Å². The number of aromatic nitrogens is 1. The zero-order valence-electron chi connectivity index (χ0n) is 10.6. The lowest BCUT2D eigenvalue weighted by Gasteiger charge is -2.02. The van der Waals surface area contributed by atoms with Crippen LogP contribution in [0.25, 0.3) is 22.0 Å². The standard InChI is InChI=1S/C17H11Cl2N/c18-14-8-5-12(6-9-14)11-15(19)17-10-7-13-3-1-2-4-16(13)20-17/h1-11H/b15-11+. The Morgan fingerprint density at radius 3 is 2.45 bits per heavy atom. The Balaban J connectivity index is 1.99. The fourth-order valence-corrected chi connectivity index (χ4v) is 2.34. The third kappa shape index (κ3) is 2.84. The highest BCUT2D eigenvalue weighted by Crippen LogP contribution is 2.23. The number of hydrogen-bond donors (Lipinski definition) is 0. The van der Waals surface area contributed by atoms with Crippen LogP contribution in [0.3, 0.4) is 0 Å². The number of hydrogen-bond acceptors (Lipinski definition) is 1. The predicted octanol–water partition coefficient (Wildman–Crippen LogP) is 5.63. The van der Waals surface area contributed by atoms with Crippen molar-refractivity contribution in [3.63, 3.8) is 0 Å². The van der Waals surface area contributed by atoms with Gasteiger partial charge in [0.25, 0.3) is 0 Å². The molecular weight excluding hydrogens is 289 g/mol. The minimum Gasteiger partial charge on any atom is -0.247 e. The Morgan fingerprint density at radius 2 is 1.65 bits per heavy atom. The van der Waals surface area contributed by atoms with Crippen molar-refractivity contribution in [1.29, 1.82) is 0 Å². The van der Waals surface area contributed by atoms with Crippen LogP contribution in [-0.4, -0.2) is 4.98 Å². The number of pyridine rings is 1. The first-order chi connectivity index (χ1) is 9.72. The van der Waals surface area contributed by atoms with Gasteiger partial charge in [-0.15, -0.1) is 0 Å². The van der Waals surface area contributed by atoms with Crippen LogP contribution in [0.5, 0.6) is 0 Å². The molecule has 0 saturated heterocycles. The summed E-state index contributed by atoms with van der Waals surface area (Å²) in [6.45, 7) is 0. The summed E-state index contributed by atoms with van der Waals surface area (Å²) in [6.07, 6.45) is 1.88. The van der Waals surface area contributed by atoms with E-state index < -0.39 is 0 Å². The Labute approximate surface area is 127 Å². The molecule has 0 fully saturated rings. The maximum Gasteiger partial charge on any atom is 0.0823 e. The molecule has 0 aliphatic carbocycles. The molecule has 0 aliphatic heterocycles. The van der Waals surface area contributed by atoms with Gasteiger partial charge in [-0.05, 0) is 35.9 Å². The van der Waals surface area contributed by atoms with Gasteiger partial charge in [0.15, 0.2) is 0 Å². The lowest BCUT2D eigenvalue weighted by atomic mass is 10.1. The van der Waals surface area contributed by atoms with Crippen LogP contribution >= 0.6 is 23.2 Å². The predicted molar refractivity (Wildman–Crippen MR) is 86.9 cm³/mol. The van der Waals surface area contributed by atoms with E-state index in [4.69, 9.17) is 23.2 Å². The van der Waals surface area contributed by atoms with Gasteiger partial charge in [0.05, 0.1) is 16.2 Å². The summed E-state index contributed by atoms with van der Waals surface area (Å²) in [7, 11) is 0. The maximum absolute atomic E-state index is 6.35. The first-order valence-corrected chi connectivity index (χ1v) is 6.97. The van der Waals surface area contributed by atoms with Gasteiger partial charge in [0, 0.05) is 10.4 Å². The molecule has 20 heavy (non-hydrogen) atoms. The second-order valence-electron chi connectivity index (χ2n) is 4.43. The number of halogens is 2. The van der Waals surface area contributed by atoms with E-state index in [2.05, 4.69) is 4.98 Å². The van der Waals surface area contributed by atoms with Crippen molar-refractivity contribution in [2.75, 3.05) is 0 Å². The van der Waals surface area contributed by atoms with Crippen molar-refractivity contribution >= 4 is 45.2 Å². The van der Waals surface area contributed by atoms with E-state index in [9.17, 15) is 0 Å². The number of para-hydroxylation sites is 1. The molecule has 0 spiro atoms. The molecule has 3 heteroatoms. The van der Waals surface area contributed by atoms with Crippen molar-refractivity contribution in [3.05, 3.63) is 76.9 Å². The lowest BCUT2D eigenvalue weighted by molar-refractivity contribution is 1.37. The first kappa shape index (κ1) is 13.2. The first-order valence-electron chi connectivity index (χ1n) is 6.21. The normalized spacial score (nSPS) is 11.8. The molecule has 98 valence electrons.